The van der Waals surface area contributed by atoms with E-state index in [-0.39, 0.29) is 5.70 Å². The molecule has 1 aromatic carbocycles. The minimum absolute atomic E-state index is 0.194. The van der Waals surface area contributed by atoms with Gasteiger partial charge in [0.15, 0.2) is 0 Å². The molecule has 1 aliphatic heterocycles. The van der Waals surface area contributed by atoms with Gasteiger partial charge in [0, 0.05) is 31.3 Å². The number of allylic oxidation sites excluding steroid dienone is 1. The molecule has 1 aliphatic rings. The van der Waals surface area contributed by atoms with Crippen LogP contribution in [0, 0.1) is 11.3 Å². The van der Waals surface area contributed by atoms with Crippen LogP contribution in [0.1, 0.15) is 24.3 Å². The quantitative estimate of drug-likeness (QED) is 0.832. The second-order valence-electron chi connectivity index (χ2n) is 5.98. The van der Waals surface area contributed by atoms with Crippen LogP contribution in [-0.4, -0.2) is 34.3 Å². The predicted octanol–water partition coefficient (Wildman–Crippen LogP) is 3.94. The monoisotopic (exact) mass is 367 g/mol. The lowest BCUT2D eigenvalue weighted by molar-refractivity contribution is -0.267. The summed E-state index contributed by atoms with van der Waals surface area (Å²) < 4.78 is 42.0. The van der Waals surface area contributed by atoms with E-state index in [0.29, 0.717) is 23.3 Å². The van der Waals surface area contributed by atoms with Crippen LogP contribution in [0.4, 0.5) is 13.2 Å². The van der Waals surface area contributed by atoms with Gasteiger partial charge in [-0.1, -0.05) is 12.1 Å². The van der Waals surface area contributed by atoms with E-state index in [9.17, 15) is 18.3 Å². The lowest BCUT2D eigenvalue weighted by atomic mass is 9.96. The number of aliphatic hydroxyl groups is 1. The van der Waals surface area contributed by atoms with Gasteiger partial charge in [0.05, 0.1) is 16.3 Å². The van der Waals surface area contributed by atoms with Crippen LogP contribution in [0.25, 0.3) is 10.2 Å². The molecule has 3 rings (SSSR count). The van der Waals surface area contributed by atoms with Gasteiger partial charge in [-0.2, -0.15) is 18.4 Å². The second kappa shape index (κ2) is 6.65. The average Bonchev–Trinajstić information content (AvgIpc) is 3.22. The highest BCUT2D eigenvalue weighted by molar-refractivity contribution is 7.18. The first kappa shape index (κ1) is 17.7. The van der Waals surface area contributed by atoms with Gasteiger partial charge < -0.3 is 10.0 Å². The highest BCUT2D eigenvalue weighted by Gasteiger charge is 2.57. The summed E-state index contributed by atoms with van der Waals surface area (Å²) in [6.07, 6.45) is -2.82. The van der Waals surface area contributed by atoms with Crippen LogP contribution in [0.2, 0.25) is 0 Å². The first-order valence-corrected chi connectivity index (χ1v) is 8.65. The molecule has 1 aromatic heterocycles. The summed E-state index contributed by atoms with van der Waals surface area (Å²) in [6.45, 7) is 1.17. The van der Waals surface area contributed by atoms with E-state index in [1.807, 2.05) is 0 Å². The maximum absolute atomic E-state index is 13.8. The van der Waals surface area contributed by atoms with E-state index in [0.717, 1.165) is 30.3 Å². The number of hydrogen-bond acceptors (Lipinski definition) is 5. The van der Waals surface area contributed by atoms with Crippen molar-refractivity contribution in [3.63, 3.8) is 0 Å². The molecule has 0 unspecified atom stereocenters. The number of nitriles is 1. The number of thiazole rings is 1. The Morgan fingerprint density at radius 3 is 2.60 bits per heavy atom. The number of rotatable bonds is 4. The zero-order chi connectivity index (χ0) is 18.1. The largest absolute Gasteiger partial charge is 0.424 e. The number of benzene rings is 1. The molecule has 2 heterocycles. The van der Waals surface area contributed by atoms with Crippen molar-refractivity contribution in [1.82, 2.24) is 9.88 Å². The van der Waals surface area contributed by atoms with E-state index in [1.165, 1.54) is 0 Å². The number of aromatic nitrogens is 1. The van der Waals surface area contributed by atoms with Gasteiger partial charge in [-0.3, -0.25) is 0 Å². The van der Waals surface area contributed by atoms with Crippen molar-refractivity contribution >= 4 is 21.6 Å². The van der Waals surface area contributed by atoms with E-state index < -0.39 is 23.2 Å². The zero-order valence-corrected chi connectivity index (χ0v) is 14.1. The van der Waals surface area contributed by atoms with E-state index in [1.54, 1.807) is 35.2 Å². The van der Waals surface area contributed by atoms with Gasteiger partial charge in [-0.05, 0) is 25.0 Å². The van der Waals surface area contributed by atoms with Crippen LogP contribution in [0.15, 0.2) is 36.0 Å². The van der Waals surface area contributed by atoms with Crippen molar-refractivity contribution in [3.05, 3.63) is 41.0 Å². The Morgan fingerprint density at radius 2 is 2.00 bits per heavy atom. The van der Waals surface area contributed by atoms with Crippen molar-refractivity contribution in [1.29, 1.82) is 5.26 Å². The zero-order valence-electron chi connectivity index (χ0n) is 13.3. The Bertz CT molecular complexity index is 801. The van der Waals surface area contributed by atoms with Crippen LogP contribution in [0.5, 0.6) is 0 Å². The van der Waals surface area contributed by atoms with Gasteiger partial charge >= 0.3 is 6.18 Å². The molecule has 0 spiro atoms. The highest BCUT2D eigenvalue weighted by Crippen LogP contribution is 2.46. The fourth-order valence-corrected chi connectivity index (χ4v) is 4.02. The standard InChI is InChI=1S/C17H16F3N3OS/c18-17(19,20)16(24,11-12(7-8-21)23-9-3-4-10-23)15-22-13-5-1-2-6-14(13)25-15/h1-2,5-7,24H,3-4,9-11H2/b12-7-/t16-/m1/s1. The summed E-state index contributed by atoms with van der Waals surface area (Å²) in [5, 5.41) is 19.2. The topological polar surface area (TPSA) is 60.1 Å². The molecule has 4 nitrogen and oxygen atoms in total. The Hall–Kier alpha value is -2.11. The van der Waals surface area contributed by atoms with Crippen LogP contribution in [-0.2, 0) is 5.60 Å². The summed E-state index contributed by atoms with van der Waals surface area (Å²) >= 11 is 0.824. The third-order valence-electron chi connectivity index (χ3n) is 4.30. The van der Waals surface area contributed by atoms with Crippen LogP contribution in [0.3, 0.4) is 0 Å². The second-order valence-corrected chi connectivity index (χ2v) is 7.01. The van der Waals surface area contributed by atoms with Gasteiger partial charge in [-0.25, -0.2) is 4.98 Å². The normalized spacial score (nSPS) is 18.4. The van der Waals surface area contributed by atoms with Crippen molar-refractivity contribution in [3.8, 4) is 6.07 Å². The lowest BCUT2D eigenvalue weighted by Crippen LogP contribution is -2.44. The molecule has 0 aliphatic carbocycles. The Balaban J connectivity index is 2.03. The van der Waals surface area contributed by atoms with Crippen molar-refractivity contribution in [2.75, 3.05) is 13.1 Å². The summed E-state index contributed by atoms with van der Waals surface area (Å²) in [5.41, 5.74) is -2.52. The molecule has 1 atom stereocenters. The first-order chi connectivity index (χ1) is 11.8. The Morgan fingerprint density at radius 1 is 1.32 bits per heavy atom. The molecule has 0 bridgehead atoms. The van der Waals surface area contributed by atoms with Crippen molar-refractivity contribution < 1.29 is 18.3 Å². The minimum Gasteiger partial charge on any atom is -0.374 e. The molecule has 8 heteroatoms. The maximum Gasteiger partial charge on any atom is 0.424 e. The van der Waals surface area contributed by atoms with Crippen LogP contribution >= 0.6 is 11.3 Å². The highest BCUT2D eigenvalue weighted by atomic mass is 32.1. The molecule has 0 amide bonds. The summed E-state index contributed by atoms with van der Waals surface area (Å²) in [6, 6.07) is 8.47. The summed E-state index contributed by atoms with van der Waals surface area (Å²) in [5.74, 6) is 0. The SMILES string of the molecule is N#C/C=C(/C[C@@](O)(c1nc2ccccc2s1)C(F)(F)F)N1CCCC1. The molecule has 1 saturated heterocycles. The van der Waals surface area contributed by atoms with Crippen LogP contribution < -0.4 is 0 Å². The summed E-state index contributed by atoms with van der Waals surface area (Å²) in [4.78, 5) is 5.74. The molecular formula is C17H16F3N3OS. The molecule has 132 valence electrons. The number of likely N-dealkylation sites (tertiary alicyclic amines) is 1. The third kappa shape index (κ3) is 3.34. The lowest BCUT2D eigenvalue weighted by Gasteiger charge is -2.32. The smallest absolute Gasteiger partial charge is 0.374 e. The first-order valence-electron chi connectivity index (χ1n) is 7.84. The molecule has 0 radical (unpaired) electrons. The third-order valence-corrected chi connectivity index (χ3v) is 5.48. The average molecular weight is 367 g/mol. The van der Waals surface area contributed by atoms with Crippen molar-refractivity contribution in [2.45, 2.75) is 31.0 Å². The van der Waals surface area contributed by atoms with Gasteiger partial charge in [0.25, 0.3) is 0 Å². The number of alkyl halides is 3. The molecule has 25 heavy (non-hydrogen) atoms. The fourth-order valence-electron chi connectivity index (χ4n) is 2.94. The fraction of sp³-hybridized carbons (Fsp3) is 0.412. The van der Waals surface area contributed by atoms with E-state index >= 15 is 0 Å². The number of fused-ring (bicyclic) bond motifs is 1. The number of halogens is 3. The Kier molecular flexibility index (Phi) is 4.71. The number of nitrogens with zero attached hydrogens (tertiary/aromatic N) is 3. The Labute approximate surface area is 146 Å². The molecule has 1 N–H and O–H groups in total. The van der Waals surface area contributed by atoms with Gasteiger partial charge in [0.2, 0.25) is 5.60 Å². The van der Waals surface area contributed by atoms with Crippen molar-refractivity contribution in [2.24, 2.45) is 0 Å². The van der Waals surface area contributed by atoms with Gasteiger partial charge in [0.1, 0.15) is 5.01 Å². The molecule has 1 fully saturated rings. The maximum atomic E-state index is 13.8. The number of hydrogen-bond donors (Lipinski definition) is 1. The molecule has 0 saturated carbocycles. The summed E-state index contributed by atoms with van der Waals surface area (Å²) in [7, 11) is 0. The number of para-hydroxylation sites is 1. The van der Waals surface area contributed by atoms with Gasteiger partial charge in [-0.15, -0.1) is 11.3 Å². The molecule has 2 aromatic rings. The molecular weight excluding hydrogens is 351 g/mol. The van der Waals surface area contributed by atoms with E-state index in [4.69, 9.17) is 5.26 Å². The van der Waals surface area contributed by atoms with E-state index in [2.05, 4.69) is 4.98 Å². The predicted molar refractivity (Wildman–Crippen MR) is 88.7 cm³/mol. The minimum atomic E-state index is -4.91.